The molecule has 5 heterocycles. The average Bonchev–Trinajstić information content (AvgIpc) is 3.38. The second-order valence-electron chi connectivity index (χ2n) is 6.23. The van der Waals surface area contributed by atoms with Gasteiger partial charge < -0.3 is 20.6 Å². The van der Waals surface area contributed by atoms with Crippen LogP contribution >= 0.6 is 11.6 Å². The Kier molecular flexibility index (Phi) is 4.98. The third-order valence-electron chi connectivity index (χ3n) is 4.58. The van der Waals surface area contributed by atoms with Crippen molar-refractivity contribution < 1.29 is 4.79 Å². The molecular weight excluding hydrogens is 384 g/mol. The molecule has 11 nitrogen and oxygen atoms in total. The van der Waals surface area contributed by atoms with Gasteiger partial charge in [0, 0.05) is 19.0 Å². The maximum absolute atomic E-state index is 11.1. The Hall–Kier alpha value is -3.34. The lowest BCUT2D eigenvalue weighted by Gasteiger charge is -2.31. The molecule has 1 amide bonds. The van der Waals surface area contributed by atoms with Gasteiger partial charge in [-0.15, -0.1) is 0 Å². The van der Waals surface area contributed by atoms with Crippen LogP contribution in [0.2, 0.25) is 5.15 Å². The van der Waals surface area contributed by atoms with Gasteiger partial charge in [0.15, 0.2) is 22.3 Å². The minimum Gasteiger partial charge on any atom is -0.369 e. The molecule has 1 aliphatic heterocycles. The van der Waals surface area contributed by atoms with Gasteiger partial charge in [-0.1, -0.05) is 11.6 Å². The van der Waals surface area contributed by atoms with Gasteiger partial charge in [0.25, 0.3) is 0 Å². The Balaban J connectivity index is 0.000000162. The molecule has 0 aromatic carbocycles. The van der Waals surface area contributed by atoms with Gasteiger partial charge in [0.05, 0.1) is 12.7 Å². The molecule has 4 aromatic rings. The normalized spacial score (nSPS) is 14.8. The van der Waals surface area contributed by atoms with E-state index < -0.39 is 0 Å². The quantitative estimate of drug-likeness (QED) is 0.422. The number of carbonyl (C=O) groups is 1. The molecule has 0 unspecified atom stereocenters. The zero-order valence-electron chi connectivity index (χ0n) is 14.7. The first kappa shape index (κ1) is 18.0. The van der Waals surface area contributed by atoms with E-state index in [1.807, 2.05) is 0 Å². The van der Waals surface area contributed by atoms with Crippen molar-refractivity contribution in [2.24, 2.45) is 11.7 Å². The second-order valence-corrected chi connectivity index (χ2v) is 6.59. The van der Waals surface area contributed by atoms with Crippen LogP contribution in [0.1, 0.15) is 12.8 Å². The molecule has 28 heavy (non-hydrogen) atoms. The van der Waals surface area contributed by atoms with Gasteiger partial charge in [-0.2, -0.15) is 0 Å². The number of nitrogens with two attached hydrogens (primary N) is 1. The summed E-state index contributed by atoms with van der Waals surface area (Å²) in [6, 6.07) is 0. The number of anilines is 1. The first-order chi connectivity index (χ1) is 13.6. The molecule has 1 saturated heterocycles. The van der Waals surface area contributed by atoms with Gasteiger partial charge in [-0.25, -0.2) is 29.9 Å². The van der Waals surface area contributed by atoms with Gasteiger partial charge in [-0.3, -0.25) is 4.79 Å². The number of halogens is 1. The number of aromatic nitrogens is 8. The largest absolute Gasteiger partial charge is 0.369 e. The summed E-state index contributed by atoms with van der Waals surface area (Å²) in [5.74, 6) is 0.629. The number of piperidine rings is 1. The van der Waals surface area contributed by atoms with Crippen molar-refractivity contribution in [1.82, 2.24) is 39.9 Å². The molecule has 1 aliphatic rings. The zero-order valence-corrected chi connectivity index (χ0v) is 15.5. The summed E-state index contributed by atoms with van der Waals surface area (Å²) >= 11 is 5.68. The third kappa shape index (κ3) is 3.56. The van der Waals surface area contributed by atoms with Crippen LogP contribution in [0, 0.1) is 5.92 Å². The number of nitrogens with one attached hydrogen (secondary N) is 2. The third-order valence-corrected chi connectivity index (χ3v) is 4.86. The molecule has 0 saturated carbocycles. The Labute approximate surface area is 163 Å². The second kappa shape index (κ2) is 7.72. The number of imidazole rings is 2. The summed E-state index contributed by atoms with van der Waals surface area (Å²) in [5, 5.41) is 0.405. The van der Waals surface area contributed by atoms with Gasteiger partial charge in [0.2, 0.25) is 5.91 Å². The van der Waals surface area contributed by atoms with Gasteiger partial charge >= 0.3 is 0 Å². The van der Waals surface area contributed by atoms with E-state index in [2.05, 4.69) is 44.8 Å². The lowest BCUT2D eigenvalue weighted by Crippen LogP contribution is -2.39. The number of H-pyrrole nitrogens is 2. The molecule has 12 heteroatoms. The molecule has 0 bridgehead atoms. The Bertz CT molecular complexity index is 1100. The highest BCUT2D eigenvalue weighted by molar-refractivity contribution is 6.33. The van der Waals surface area contributed by atoms with E-state index in [4.69, 9.17) is 17.3 Å². The van der Waals surface area contributed by atoms with Crippen LogP contribution in [-0.2, 0) is 4.79 Å². The van der Waals surface area contributed by atoms with Crippen molar-refractivity contribution in [3.63, 3.8) is 0 Å². The highest BCUT2D eigenvalue weighted by Crippen LogP contribution is 2.25. The van der Waals surface area contributed by atoms with Crippen molar-refractivity contribution >= 4 is 45.7 Å². The topological polar surface area (TPSA) is 155 Å². The number of amides is 1. The fraction of sp³-hybridized carbons (Fsp3) is 0.312. The zero-order chi connectivity index (χ0) is 19.5. The Morgan fingerprint density at radius 3 is 2.21 bits per heavy atom. The van der Waals surface area contributed by atoms with E-state index in [0.717, 1.165) is 37.3 Å². The Morgan fingerprint density at radius 2 is 1.57 bits per heavy atom. The lowest BCUT2D eigenvalue weighted by molar-refractivity contribution is -0.122. The van der Waals surface area contributed by atoms with Crippen molar-refractivity contribution in [2.45, 2.75) is 12.8 Å². The molecule has 1 fully saturated rings. The summed E-state index contributed by atoms with van der Waals surface area (Å²) < 4.78 is 0. The molecule has 0 atom stereocenters. The summed E-state index contributed by atoms with van der Waals surface area (Å²) in [6.45, 7) is 1.55. The Morgan fingerprint density at radius 1 is 0.964 bits per heavy atom. The van der Waals surface area contributed by atoms with Gasteiger partial charge in [0.1, 0.15) is 23.7 Å². The maximum atomic E-state index is 11.1. The summed E-state index contributed by atoms with van der Waals surface area (Å²) in [4.78, 5) is 43.2. The number of carbonyl (C=O) groups excluding carboxylic acids is 1. The lowest BCUT2D eigenvalue weighted by atomic mass is 9.96. The van der Waals surface area contributed by atoms with Crippen LogP contribution in [0.15, 0.2) is 25.3 Å². The summed E-state index contributed by atoms with van der Waals surface area (Å²) in [5.41, 5.74) is 8.11. The SMILES string of the molecule is Clc1ncnc2nc[nH]c12.NC(=O)C1CCN(c2ncnc3nc[nH]c23)CC1. The highest BCUT2D eigenvalue weighted by atomic mass is 35.5. The first-order valence-electron chi connectivity index (χ1n) is 8.61. The number of nitrogens with zero attached hydrogens (tertiary/aromatic N) is 7. The monoisotopic (exact) mass is 400 g/mol. The summed E-state index contributed by atoms with van der Waals surface area (Å²) in [6.07, 6.45) is 7.58. The number of rotatable bonds is 2. The number of hydrogen-bond donors (Lipinski definition) is 3. The summed E-state index contributed by atoms with van der Waals surface area (Å²) in [7, 11) is 0. The van der Waals surface area contributed by atoms with Crippen LogP contribution in [0.25, 0.3) is 22.3 Å². The fourth-order valence-corrected chi connectivity index (χ4v) is 3.29. The maximum Gasteiger partial charge on any atom is 0.220 e. The molecule has 0 aliphatic carbocycles. The van der Waals surface area contributed by atoms with Crippen molar-refractivity contribution in [2.75, 3.05) is 18.0 Å². The smallest absolute Gasteiger partial charge is 0.220 e. The fourth-order valence-electron chi connectivity index (χ4n) is 3.10. The number of fused-ring (bicyclic) bond motifs is 2. The van der Waals surface area contributed by atoms with E-state index in [-0.39, 0.29) is 11.8 Å². The van der Waals surface area contributed by atoms with E-state index in [1.165, 1.54) is 19.0 Å². The number of aromatic amines is 2. The molecule has 4 aromatic heterocycles. The van der Waals surface area contributed by atoms with Crippen LogP contribution < -0.4 is 10.6 Å². The average molecular weight is 401 g/mol. The van der Waals surface area contributed by atoms with Crippen LogP contribution in [0.4, 0.5) is 5.82 Å². The van der Waals surface area contributed by atoms with E-state index in [0.29, 0.717) is 22.0 Å². The highest BCUT2D eigenvalue weighted by Gasteiger charge is 2.25. The molecule has 4 N–H and O–H groups in total. The first-order valence-corrected chi connectivity index (χ1v) is 8.99. The van der Waals surface area contributed by atoms with E-state index in [1.54, 1.807) is 6.33 Å². The predicted octanol–water partition coefficient (Wildman–Crippen LogP) is 1.06. The standard InChI is InChI=1S/C11H14N6O.C5H3ClN4/c12-9(18)7-1-3-17(4-2-7)11-8-10(14-5-13-8)15-6-16-11;6-4-3-5(9-1-7-3)10-2-8-4/h5-7H,1-4H2,(H2,12,18)(H,13,14,15,16);1-2H,(H,7,8,9,10). The minimum atomic E-state index is -0.205. The van der Waals surface area contributed by atoms with Crippen molar-refractivity contribution in [3.05, 3.63) is 30.5 Å². The predicted molar refractivity (Wildman–Crippen MR) is 103 cm³/mol. The van der Waals surface area contributed by atoms with Crippen LogP contribution in [-0.4, -0.2) is 58.9 Å². The van der Waals surface area contributed by atoms with Crippen molar-refractivity contribution in [3.8, 4) is 0 Å². The van der Waals surface area contributed by atoms with Gasteiger partial charge in [-0.05, 0) is 12.8 Å². The molecule has 144 valence electrons. The molecule has 5 rings (SSSR count). The number of primary amides is 1. The molecule has 0 radical (unpaired) electrons. The molecule has 0 spiro atoms. The number of hydrogen-bond acceptors (Lipinski definition) is 8. The van der Waals surface area contributed by atoms with Crippen LogP contribution in [0.3, 0.4) is 0 Å². The van der Waals surface area contributed by atoms with E-state index >= 15 is 0 Å². The van der Waals surface area contributed by atoms with Crippen LogP contribution in [0.5, 0.6) is 0 Å². The molecular formula is C16H17ClN10O. The van der Waals surface area contributed by atoms with E-state index in [9.17, 15) is 4.79 Å². The van der Waals surface area contributed by atoms with Crippen molar-refractivity contribution in [1.29, 1.82) is 0 Å². The minimum absolute atomic E-state index is 0.0136.